The van der Waals surface area contributed by atoms with E-state index in [2.05, 4.69) is 51.3 Å². The van der Waals surface area contributed by atoms with Gasteiger partial charge in [-0.15, -0.1) is 11.3 Å². The number of hydrogen-bond acceptors (Lipinski definition) is 5. The number of fused-ring (bicyclic) bond motifs is 1. The molecule has 2 amide bonds. The van der Waals surface area contributed by atoms with Crippen LogP contribution in [0.25, 0.3) is 0 Å². The molecule has 3 aromatic rings. The van der Waals surface area contributed by atoms with Crippen molar-refractivity contribution in [1.29, 1.82) is 0 Å². The van der Waals surface area contributed by atoms with E-state index in [1.165, 1.54) is 10.4 Å². The van der Waals surface area contributed by atoms with E-state index >= 15 is 0 Å². The number of rotatable bonds is 11. The lowest BCUT2D eigenvalue weighted by Gasteiger charge is -2.37. The standard InChI is InChI=1S/C32H40N2O4S/c1-6-23(4)19-33(32(36)25-8-7-9-27(18-25)37-5)20-31(35)34-16-14-30-28(15-17-39-30)29(34)21-38-26-12-10-24(11-13-26)22(2)3/h7-13,15,17-18,22-23,29H,6,14,16,19-21H2,1-5H3/t23-,29-/m1/s1. The number of thiophene rings is 1. The molecule has 7 heteroatoms. The van der Waals surface area contributed by atoms with Crippen LogP contribution in [0, 0.1) is 5.92 Å². The van der Waals surface area contributed by atoms with Gasteiger partial charge < -0.3 is 19.3 Å². The van der Waals surface area contributed by atoms with Crippen molar-refractivity contribution in [3.05, 3.63) is 81.5 Å². The monoisotopic (exact) mass is 548 g/mol. The first-order valence-electron chi connectivity index (χ1n) is 13.8. The molecule has 1 aliphatic heterocycles. The number of carbonyl (C=O) groups is 2. The fourth-order valence-corrected chi connectivity index (χ4v) is 5.84. The minimum Gasteiger partial charge on any atom is -0.497 e. The normalized spacial score (nSPS) is 15.5. The van der Waals surface area contributed by atoms with Crippen LogP contribution in [0.1, 0.15) is 72.4 Å². The summed E-state index contributed by atoms with van der Waals surface area (Å²) in [6.45, 7) is 10.1. The zero-order valence-corrected chi connectivity index (χ0v) is 24.5. The second-order valence-corrected chi connectivity index (χ2v) is 11.6. The Morgan fingerprint density at radius 1 is 1.08 bits per heavy atom. The molecule has 0 N–H and O–H groups in total. The van der Waals surface area contributed by atoms with E-state index in [1.807, 2.05) is 23.1 Å². The lowest BCUT2D eigenvalue weighted by molar-refractivity contribution is -0.135. The van der Waals surface area contributed by atoms with Gasteiger partial charge >= 0.3 is 0 Å². The van der Waals surface area contributed by atoms with Crippen molar-refractivity contribution >= 4 is 23.2 Å². The van der Waals surface area contributed by atoms with Crippen molar-refractivity contribution in [3.63, 3.8) is 0 Å². The fraction of sp³-hybridized carbons (Fsp3) is 0.438. The van der Waals surface area contributed by atoms with Gasteiger partial charge in [0.15, 0.2) is 0 Å². The second kappa shape index (κ2) is 13.2. The number of nitrogens with zero attached hydrogens (tertiary/aromatic N) is 2. The van der Waals surface area contributed by atoms with E-state index in [0.717, 1.165) is 24.2 Å². The number of carbonyl (C=O) groups excluding carboxylic acids is 2. The van der Waals surface area contributed by atoms with Crippen LogP contribution in [0.3, 0.4) is 0 Å². The van der Waals surface area contributed by atoms with Gasteiger partial charge in [-0.1, -0.05) is 52.3 Å². The summed E-state index contributed by atoms with van der Waals surface area (Å²) in [5.74, 6) is 1.92. The average molecular weight is 549 g/mol. The maximum absolute atomic E-state index is 13.9. The Morgan fingerprint density at radius 2 is 1.85 bits per heavy atom. The highest BCUT2D eigenvalue weighted by Gasteiger charge is 2.34. The summed E-state index contributed by atoms with van der Waals surface area (Å²) in [6.07, 6.45) is 1.73. The van der Waals surface area contributed by atoms with Gasteiger partial charge in [-0.3, -0.25) is 9.59 Å². The Labute approximate surface area is 236 Å². The topological polar surface area (TPSA) is 59.1 Å². The second-order valence-electron chi connectivity index (χ2n) is 10.6. The molecular formula is C32H40N2O4S. The van der Waals surface area contributed by atoms with E-state index in [0.29, 0.717) is 36.9 Å². The zero-order valence-electron chi connectivity index (χ0n) is 23.7. The van der Waals surface area contributed by atoms with Gasteiger partial charge in [0, 0.05) is 23.5 Å². The van der Waals surface area contributed by atoms with E-state index in [4.69, 9.17) is 9.47 Å². The van der Waals surface area contributed by atoms with Gasteiger partial charge in [-0.2, -0.15) is 0 Å². The lowest BCUT2D eigenvalue weighted by Crippen LogP contribution is -2.48. The lowest BCUT2D eigenvalue weighted by atomic mass is 10.00. The van der Waals surface area contributed by atoms with E-state index in [-0.39, 0.29) is 30.3 Å². The predicted molar refractivity (Wildman–Crippen MR) is 157 cm³/mol. The van der Waals surface area contributed by atoms with Crippen LogP contribution >= 0.6 is 11.3 Å². The molecule has 0 fully saturated rings. The molecule has 4 rings (SSSR count). The van der Waals surface area contributed by atoms with Gasteiger partial charge in [-0.05, 0) is 71.2 Å². The van der Waals surface area contributed by atoms with Crippen molar-refractivity contribution in [2.75, 3.05) is 33.4 Å². The molecule has 6 nitrogen and oxygen atoms in total. The van der Waals surface area contributed by atoms with Gasteiger partial charge in [-0.25, -0.2) is 0 Å². The molecule has 2 atom stereocenters. The Hall–Kier alpha value is -3.32. The summed E-state index contributed by atoms with van der Waals surface area (Å²) < 4.78 is 11.6. The highest BCUT2D eigenvalue weighted by atomic mass is 32.1. The first kappa shape index (κ1) is 28.7. The van der Waals surface area contributed by atoms with Crippen LogP contribution in [0.4, 0.5) is 0 Å². The zero-order chi connectivity index (χ0) is 27.9. The molecule has 0 saturated heterocycles. The molecule has 0 aliphatic carbocycles. The Kier molecular flexibility index (Phi) is 9.68. The van der Waals surface area contributed by atoms with Crippen molar-refractivity contribution in [2.45, 2.75) is 52.5 Å². The fourth-order valence-electron chi connectivity index (χ4n) is 4.92. The highest BCUT2D eigenvalue weighted by molar-refractivity contribution is 7.10. The number of hydrogen-bond donors (Lipinski definition) is 0. The molecule has 0 radical (unpaired) electrons. The first-order chi connectivity index (χ1) is 18.8. The van der Waals surface area contributed by atoms with E-state index in [9.17, 15) is 9.59 Å². The molecule has 0 spiro atoms. The van der Waals surface area contributed by atoms with E-state index < -0.39 is 0 Å². The molecule has 2 aromatic carbocycles. The number of amides is 2. The average Bonchev–Trinajstić information content (AvgIpc) is 3.44. The predicted octanol–water partition coefficient (Wildman–Crippen LogP) is 6.57. The van der Waals surface area contributed by atoms with Gasteiger partial charge in [0.1, 0.15) is 24.7 Å². The van der Waals surface area contributed by atoms with Crippen LogP contribution in [-0.2, 0) is 11.2 Å². The third-order valence-corrected chi connectivity index (χ3v) is 8.53. The van der Waals surface area contributed by atoms with Crippen molar-refractivity contribution in [1.82, 2.24) is 9.80 Å². The molecular weight excluding hydrogens is 508 g/mol. The van der Waals surface area contributed by atoms with Crippen LogP contribution in [0.15, 0.2) is 60.0 Å². The summed E-state index contributed by atoms with van der Waals surface area (Å²) in [5.41, 5.74) is 2.93. The summed E-state index contributed by atoms with van der Waals surface area (Å²) in [5, 5.41) is 2.09. The smallest absolute Gasteiger partial charge is 0.254 e. The summed E-state index contributed by atoms with van der Waals surface area (Å²) in [7, 11) is 1.58. The molecule has 0 saturated carbocycles. The van der Waals surface area contributed by atoms with Gasteiger partial charge in [0.05, 0.1) is 13.2 Å². The molecule has 39 heavy (non-hydrogen) atoms. The van der Waals surface area contributed by atoms with Crippen LogP contribution in [0.2, 0.25) is 0 Å². The summed E-state index contributed by atoms with van der Waals surface area (Å²) in [4.78, 5) is 32.3. The highest BCUT2D eigenvalue weighted by Crippen LogP contribution is 2.34. The van der Waals surface area contributed by atoms with Crippen LogP contribution < -0.4 is 9.47 Å². The largest absolute Gasteiger partial charge is 0.497 e. The summed E-state index contributed by atoms with van der Waals surface area (Å²) in [6, 6.07) is 17.2. The molecule has 2 heterocycles. The van der Waals surface area contributed by atoms with E-state index in [1.54, 1.807) is 41.5 Å². The molecule has 1 aliphatic rings. The maximum Gasteiger partial charge on any atom is 0.254 e. The van der Waals surface area contributed by atoms with Crippen LogP contribution in [-0.4, -0.2) is 55.0 Å². The minimum atomic E-state index is -0.199. The quantitative estimate of drug-likeness (QED) is 0.272. The van der Waals surface area contributed by atoms with Crippen molar-refractivity contribution < 1.29 is 19.1 Å². The number of benzene rings is 2. The van der Waals surface area contributed by atoms with Crippen molar-refractivity contribution in [3.8, 4) is 11.5 Å². The molecule has 0 unspecified atom stereocenters. The number of ether oxygens (including phenoxy) is 2. The minimum absolute atomic E-state index is 0.0272. The summed E-state index contributed by atoms with van der Waals surface area (Å²) >= 11 is 1.73. The first-order valence-corrected chi connectivity index (χ1v) is 14.7. The third kappa shape index (κ3) is 7.01. The third-order valence-electron chi connectivity index (χ3n) is 7.53. The molecule has 1 aromatic heterocycles. The Morgan fingerprint density at radius 3 is 2.54 bits per heavy atom. The van der Waals surface area contributed by atoms with Gasteiger partial charge in [0.25, 0.3) is 5.91 Å². The molecule has 208 valence electrons. The maximum atomic E-state index is 13.9. The Bertz CT molecular complexity index is 1250. The van der Waals surface area contributed by atoms with Gasteiger partial charge in [0.2, 0.25) is 5.91 Å². The van der Waals surface area contributed by atoms with Crippen molar-refractivity contribution in [2.24, 2.45) is 5.92 Å². The van der Waals surface area contributed by atoms with Crippen LogP contribution in [0.5, 0.6) is 11.5 Å². The number of methoxy groups -OCH3 is 1. The SMILES string of the molecule is CC[C@@H](C)CN(CC(=O)N1CCc2sccc2[C@H]1COc1ccc(C(C)C)cc1)C(=O)c1cccc(OC)c1. The Balaban J connectivity index is 1.53. The molecule has 0 bridgehead atoms.